The molecule has 3 fully saturated rings. The van der Waals surface area contributed by atoms with Crippen molar-refractivity contribution in [2.45, 2.75) is 101 Å². The lowest BCUT2D eigenvalue weighted by atomic mass is 10.0. The number of hydrogen-bond donors (Lipinski definition) is 3. The minimum atomic E-state index is -3.96. The molecule has 3 N–H and O–H groups in total. The molecular weight excluding hydrogens is 737 g/mol. The van der Waals surface area contributed by atoms with E-state index in [9.17, 15) is 36.4 Å². The molecule has 2 saturated carbocycles. The molecule has 0 spiro atoms. The molecule has 3 atom stereocenters. The van der Waals surface area contributed by atoms with Crippen LogP contribution in [0.1, 0.15) is 87.2 Å². The van der Waals surface area contributed by atoms with Gasteiger partial charge < -0.3 is 20.3 Å². The molecule has 4 amide bonds. The molecule has 0 unspecified atom stereocenters. The van der Waals surface area contributed by atoms with Gasteiger partial charge in [-0.25, -0.2) is 27.2 Å². The fourth-order valence-electron chi connectivity index (χ4n) is 6.42. The Bertz CT molecular complexity index is 2090. The zero-order valence-electron chi connectivity index (χ0n) is 30.7. The fourth-order valence-corrected chi connectivity index (χ4v) is 7.67. The lowest BCUT2D eigenvalue weighted by Gasteiger charge is -2.28. The average molecular weight is 782 g/mol. The zero-order chi connectivity index (χ0) is 39.3. The van der Waals surface area contributed by atoms with Gasteiger partial charge in [-0.05, 0) is 82.9 Å². The Morgan fingerprint density at radius 1 is 1.07 bits per heavy atom. The first-order valence-electron chi connectivity index (χ1n) is 18.5. The molecule has 294 valence electrons. The summed E-state index contributed by atoms with van der Waals surface area (Å²) in [6.07, 6.45) is 11.9. The second-order valence-corrected chi connectivity index (χ2v) is 16.9. The van der Waals surface area contributed by atoms with Crippen molar-refractivity contribution in [2.24, 2.45) is 5.92 Å². The number of nitrogens with zero attached hydrogens (tertiary/aromatic N) is 4. The van der Waals surface area contributed by atoms with E-state index in [0.29, 0.717) is 36.4 Å². The summed E-state index contributed by atoms with van der Waals surface area (Å²) in [5.74, 6) is -4.06. The number of carbonyl (C=O) groups is 4. The summed E-state index contributed by atoms with van der Waals surface area (Å²) < 4.78 is 61.5. The largest absolute Gasteiger partial charge is 0.471 e. The second-order valence-electron chi connectivity index (χ2n) is 14.7. The number of nitrogens with one attached hydrogen (secondary N) is 3. The molecule has 3 aromatic rings. The van der Waals surface area contributed by atoms with Crippen LogP contribution < -0.4 is 20.1 Å². The van der Waals surface area contributed by atoms with Gasteiger partial charge in [-0.3, -0.25) is 28.9 Å². The first-order valence-corrected chi connectivity index (χ1v) is 20.0. The van der Waals surface area contributed by atoms with Crippen LogP contribution in [0.5, 0.6) is 5.88 Å². The number of halogens is 2. The Hall–Kier alpha value is -5.06. The van der Waals surface area contributed by atoms with Gasteiger partial charge in [0.05, 0.1) is 35.1 Å². The quantitative estimate of drug-likeness (QED) is 0.134. The van der Waals surface area contributed by atoms with E-state index in [1.54, 1.807) is 13.0 Å². The molecule has 0 bridgehead atoms. The highest BCUT2D eigenvalue weighted by molar-refractivity contribution is 7.91. The summed E-state index contributed by atoms with van der Waals surface area (Å²) in [5, 5.41) is 5.09. The van der Waals surface area contributed by atoms with Gasteiger partial charge in [-0.1, -0.05) is 31.1 Å². The third-order valence-electron chi connectivity index (χ3n) is 10.2. The molecule has 1 aromatic carbocycles. The predicted octanol–water partition coefficient (Wildman–Crippen LogP) is 3.79. The number of amides is 4. The molecule has 6 rings (SSSR count). The number of aryl methyl sites for hydroxylation is 1. The Kier molecular flexibility index (Phi) is 12.1. The first kappa shape index (κ1) is 39.6. The summed E-state index contributed by atoms with van der Waals surface area (Å²) >= 11 is 0. The summed E-state index contributed by atoms with van der Waals surface area (Å²) in [4.78, 5) is 67.7. The van der Waals surface area contributed by atoms with Crippen LogP contribution in [0.4, 0.5) is 8.78 Å². The maximum atomic E-state index is 14.6. The molecule has 2 aromatic heterocycles. The van der Waals surface area contributed by atoms with Crippen molar-refractivity contribution in [3.05, 3.63) is 71.7 Å². The van der Waals surface area contributed by atoms with E-state index in [2.05, 4.69) is 37.7 Å². The molecule has 14 nitrogen and oxygen atoms in total. The van der Waals surface area contributed by atoms with E-state index in [0.717, 1.165) is 25.5 Å². The summed E-state index contributed by atoms with van der Waals surface area (Å²) in [5.41, 5.74) is 0.305. The molecule has 2 aliphatic carbocycles. The lowest BCUT2D eigenvalue weighted by molar-refractivity contribution is -0.140. The van der Waals surface area contributed by atoms with Crippen LogP contribution in [0.2, 0.25) is 0 Å². The third kappa shape index (κ3) is 9.79. The van der Waals surface area contributed by atoms with Crippen molar-refractivity contribution >= 4 is 44.7 Å². The van der Waals surface area contributed by atoms with Gasteiger partial charge in [-0.15, -0.1) is 0 Å². The number of sulfonamides is 1. The number of benzene rings is 1. The average Bonchev–Trinajstić information content (AvgIpc) is 4.08. The van der Waals surface area contributed by atoms with Crippen LogP contribution in [-0.2, 0) is 24.4 Å². The van der Waals surface area contributed by atoms with Crippen molar-refractivity contribution in [1.82, 2.24) is 35.2 Å². The number of ether oxygens (including phenoxy) is 1. The molecule has 1 aliphatic heterocycles. The van der Waals surface area contributed by atoms with E-state index in [-0.39, 0.29) is 36.3 Å². The molecule has 3 heterocycles. The Morgan fingerprint density at radius 3 is 2.58 bits per heavy atom. The van der Waals surface area contributed by atoms with Crippen LogP contribution in [0, 0.1) is 24.5 Å². The van der Waals surface area contributed by atoms with Gasteiger partial charge in [0.1, 0.15) is 29.4 Å². The lowest BCUT2D eigenvalue weighted by Crippen LogP contribution is -2.54. The first-order chi connectivity index (χ1) is 26.2. The highest BCUT2D eigenvalue weighted by Crippen LogP contribution is 2.42. The fraction of sp³-hybridized carbons (Fsp3) is 0.500. The number of carbonyl (C=O) groups excluding carboxylic acids is 4. The number of pyridine rings is 1. The Morgan fingerprint density at radius 2 is 1.85 bits per heavy atom. The van der Waals surface area contributed by atoms with Gasteiger partial charge in [0.15, 0.2) is 11.6 Å². The Labute approximate surface area is 318 Å². The van der Waals surface area contributed by atoms with Crippen LogP contribution in [0.3, 0.4) is 0 Å². The topological polar surface area (TPSA) is 190 Å². The standard InChI is InChI=1S/C38H45F2N7O7S/c1-23-36(45-33-27(39)10-8-12-29(33)43-23)54-25-19-31(35(50)42-21-32(48)46-55(52,53)38(2)16-17-38)47(22-25)37(51)30(11-7-5-3-4-6-9-24-13-14-24)44-34(49)26-15-18-41-20-28(26)40/h6,8-10,12,15,18,20,24-25,30-31H,3-5,7,11,13-14,16-17,19,21-22H2,1-2H3,(H,42,50)(H,44,49)(H,46,48)/t25-,30+,31+/m1/s1. The number of fused-ring (bicyclic) bond motifs is 1. The molecule has 55 heavy (non-hydrogen) atoms. The normalized spacial score (nSPS) is 19.6. The molecule has 3 aliphatic rings. The highest BCUT2D eigenvalue weighted by atomic mass is 32.2. The zero-order valence-corrected chi connectivity index (χ0v) is 31.5. The van der Waals surface area contributed by atoms with Crippen molar-refractivity contribution < 1.29 is 41.1 Å². The van der Waals surface area contributed by atoms with Crippen molar-refractivity contribution in [2.75, 3.05) is 13.1 Å². The number of aromatic nitrogens is 3. The summed E-state index contributed by atoms with van der Waals surface area (Å²) in [6, 6.07) is 3.11. The molecule has 1 saturated heterocycles. The van der Waals surface area contributed by atoms with Crippen LogP contribution in [0.25, 0.3) is 11.0 Å². The van der Waals surface area contributed by atoms with Gasteiger partial charge in [0.25, 0.3) is 11.8 Å². The number of unbranched alkanes of at least 4 members (excludes halogenated alkanes) is 3. The molecular formula is C38H45F2N7O7S. The van der Waals surface area contributed by atoms with Crippen molar-refractivity contribution in [1.29, 1.82) is 0 Å². The van der Waals surface area contributed by atoms with Crippen molar-refractivity contribution in [3.8, 4) is 5.88 Å². The second kappa shape index (κ2) is 16.8. The maximum absolute atomic E-state index is 14.6. The molecule has 0 radical (unpaired) electrons. The third-order valence-corrected chi connectivity index (χ3v) is 12.4. The summed E-state index contributed by atoms with van der Waals surface area (Å²) in [7, 11) is -3.96. The van der Waals surface area contributed by atoms with E-state index in [1.165, 1.54) is 49.1 Å². The SMILES string of the molecule is Cc1nc2cccc(F)c2nc1O[C@@H]1C[C@@H](C(=O)NCC(=O)NS(=O)(=O)C2(C)CC2)N(C(=O)[C@H](CCCCCC=CC2CC2)NC(=O)c2ccncc2F)C1. The maximum Gasteiger partial charge on any atom is 0.255 e. The number of hydrogen-bond acceptors (Lipinski definition) is 10. The van der Waals surface area contributed by atoms with Gasteiger partial charge in [0, 0.05) is 12.6 Å². The van der Waals surface area contributed by atoms with E-state index in [1.807, 2.05) is 4.72 Å². The van der Waals surface area contributed by atoms with Gasteiger partial charge >= 0.3 is 0 Å². The van der Waals surface area contributed by atoms with Gasteiger partial charge in [0.2, 0.25) is 27.7 Å². The van der Waals surface area contributed by atoms with E-state index >= 15 is 0 Å². The minimum Gasteiger partial charge on any atom is -0.471 e. The number of allylic oxidation sites excluding steroid dienone is 2. The van der Waals surface area contributed by atoms with E-state index in [4.69, 9.17) is 4.74 Å². The predicted molar refractivity (Wildman–Crippen MR) is 197 cm³/mol. The number of para-hydroxylation sites is 1. The van der Waals surface area contributed by atoms with Crippen molar-refractivity contribution in [3.63, 3.8) is 0 Å². The number of likely N-dealkylation sites (tertiary alicyclic amines) is 1. The smallest absolute Gasteiger partial charge is 0.255 e. The Balaban J connectivity index is 1.20. The van der Waals surface area contributed by atoms with Crippen LogP contribution in [-0.4, -0.2) is 87.9 Å². The monoisotopic (exact) mass is 781 g/mol. The van der Waals surface area contributed by atoms with Crippen LogP contribution >= 0.6 is 0 Å². The van der Waals surface area contributed by atoms with E-state index < -0.39 is 74.8 Å². The minimum absolute atomic E-state index is 0.0111. The van der Waals surface area contributed by atoms with Gasteiger partial charge in [-0.2, -0.15) is 0 Å². The summed E-state index contributed by atoms with van der Waals surface area (Å²) in [6.45, 7) is 2.27. The van der Waals surface area contributed by atoms with Crippen LogP contribution in [0.15, 0.2) is 48.8 Å². The highest BCUT2D eigenvalue weighted by Gasteiger charge is 2.51. The molecule has 17 heteroatoms. The number of rotatable bonds is 17.